The van der Waals surface area contributed by atoms with E-state index in [-0.39, 0.29) is 12.5 Å². The molecular weight excluding hydrogens is 119 g/mol. The molecule has 2 atom stereocenters. The Kier molecular flexibility index (Phi) is 2.46. The van der Waals surface area contributed by atoms with Gasteiger partial charge in [-0.15, -0.1) is 0 Å². The molecule has 1 saturated carbocycles. The minimum absolute atomic E-state index is 0.167. The van der Waals surface area contributed by atoms with E-state index >= 15 is 0 Å². The molecule has 0 radical (unpaired) electrons. The highest BCUT2D eigenvalue weighted by molar-refractivity contribution is 4.71. The van der Waals surface area contributed by atoms with E-state index in [0.717, 1.165) is 12.8 Å². The molecule has 0 aromatic heterocycles. The number of aliphatic hydroxyl groups excluding tert-OH is 1. The summed E-state index contributed by atoms with van der Waals surface area (Å²) in [7, 11) is 0. The van der Waals surface area contributed by atoms with Crippen LogP contribution in [0.3, 0.4) is 0 Å². The maximum absolute atomic E-state index is 12.5. The zero-order chi connectivity index (χ0) is 6.69. The summed E-state index contributed by atoms with van der Waals surface area (Å²) in [5, 5.41) is 8.64. The lowest BCUT2D eigenvalue weighted by Crippen LogP contribution is -2.18. The monoisotopic (exact) mass is 132 g/mol. The van der Waals surface area contributed by atoms with Crippen LogP contribution in [-0.4, -0.2) is 17.9 Å². The summed E-state index contributed by atoms with van der Waals surface area (Å²) in [4.78, 5) is 0. The third kappa shape index (κ3) is 1.94. The van der Waals surface area contributed by atoms with E-state index in [2.05, 4.69) is 0 Å². The Morgan fingerprint density at radius 2 is 2.22 bits per heavy atom. The molecule has 0 aliphatic heterocycles. The number of hydrogen-bond acceptors (Lipinski definition) is 1. The number of alkyl halides is 1. The molecule has 0 heterocycles. The standard InChI is InChI=1S/C7H13FO/c8-7-3-1-2-6(4-7)5-9/h6-7,9H,1-5H2. The van der Waals surface area contributed by atoms with E-state index in [1.807, 2.05) is 0 Å². The second kappa shape index (κ2) is 3.16. The Balaban J connectivity index is 2.23. The molecule has 2 unspecified atom stereocenters. The van der Waals surface area contributed by atoms with Crippen molar-refractivity contribution in [3.8, 4) is 0 Å². The van der Waals surface area contributed by atoms with E-state index in [0.29, 0.717) is 12.8 Å². The van der Waals surface area contributed by atoms with Gasteiger partial charge in [-0.1, -0.05) is 6.42 Å². The van der Waals surface area contributed by atoms with Gasteiger partial charge in [-0.05, 0) is 25.2 Å². The van der Waals surface area contributed by atoms with E-state index in [1.54, 1.807) is 0 Å². The van der Waals surface area contributed by atoms with Gasteiger partial charge >= 0.3 is 0 Å². The highest BCUT2D eigenvalue weighted by Crippen LogP contribution is 2.25. The van der Waals surface area contributed by atoms with Crippen molar-refractivity contribution in [1.29, 1.82) is 0 Å². The first-order valence-corrected chi connectivity index (χ1v) is 3.58. The average Bonchev–Trinajstić information content (AvgIpc) is 1.88. The topological polar surface area (TPSA) is 20.2 Å². The summed E-state index contributed by atoms with van der Waals surface area (Å²) in [6.45, 7) is 0.167. The maximum Gasteiger partial charge on any atom is 0.100 e. The SMILES string of the molecule is OCC1CCCC(F)C1. The quantitative estimate of drug-likeness (QED) is 0.573. The summed E-state index contributed by atoms with van der Waals surface area (Å²) in [6.07, 6.45) is 2.60. The molecule has 1 aliphatic carbocycles. The van der Waals surface area contributed by atoms with Gasteiger partial charge in [-0.3, -0.25) is 0 Å². The van der Waals surface area contributed by atoms with E-state index in [9.17, 15) is 4.39 Å². The zero-order valence-corrected chi connectivity index (χ0v) is 5.52. The largest absolute Gasteiger partial charge is 0.396 e. The average molecular weight is 132 g/mol. The third-order valence-electron chi connectivity index (χ3n) is 1.98. The molecule has 1 nitrogen and oxygen atoms in total. The van der Waals surface area contributed by atoms with Gasteiger partial charge in [0.1, 0.15) is 6.17 Å². The van der Waals surface area contributed by atoms with Crippen LogP contribution in [0.4, 0.5) is 4.39 Å². The van der Waals surface area contributed by atoms with Gasteiger partial charge in [0.15, 0.2) is 0 Å². The van der Waals surface area contributed by atoms with Crippen molar-refractivity contribution >= 4 is 0 Å². The molecule has 0 spiro atoms. The highest BCUT2D eigenvalue weighted by atomic mass is 19.1. The predicted octanol–water partition coefficient (Wildman–Crippen LogP) is 1.51. The Labute approximate surface area is 54.9 Å². The number of aliphatic hydroxyl groups is 1. The molecule has 9 heavy (non-hydrogen) atoms. The Bertz CT molecular complexity index is 85.0. The van der Waals surface area contributed by atoms with Gasteiger partial charge in [0.25, 0.3) is 0 Å². The van der Waals surface area contributed by atoms with Crippen molar-refractivity contribution in [2.45, 2.75) is 31.9 Å². The smallest absolute Gasteiger partial charge is 0.100 e. The molecule has 1 N–H and O–H groups in total. The van der Waals surface area contributed by atoms with Crippen molar-refractivity contribution < 1.29 is 9.50 Å². The molecule has 0 saturated heterocycles. The number of hydrogen-bond donors (Lipinski definition) is 1. The Morgan fingerprint density at radius 1 is 1.44 bits per heavy atom. The Hall–Kier alpha value is -0.110. The van der Waals surface area contributed by atoms with Crippen LogP contribution in [0, 0.1) is 5.92 Å². The van der Waals surface area contributed by atoms with Crippen LogP contribution in [0.5, 0.6) is 0 Å². The van der Waals surface area contributed by atoms with Crippen LogP contribution >= 0.6 is 0 Å². The van der Waals surface area contributed by atoms with Crippen LogP contribution < -0.4 is 0 Å². The molecule has 1 aliphatic rings. The van der Waals surface area contributed by atoms with E-state index < -0.39 is 6.17 Å². The van der Waals surface area contributed by atoms with Crippen LogP contribution in [0.1, 0.15) is 25.7 Å². The molecule has 0 aromatic rings. The second-order valence-electron chi connectivity index (χ2n) is 2.81. The lowest BCUT2D eigenvalue weighted by atomic mass is 9.89. The van der Waals surface area contributed by atoms with Gasteiger partial charge in [-0.25, -0.2) is 4.39 Å². The van der Waals surface area contributed by atoms with Gasteiger partial charge < -0.3 is 5.11 Å². The summed E-state index contributed by atoms with van der Waals surface area (Å²) < 4.78 is 12.5. The first-order chi connectivity index (χ1) is 4.33. The zero-order valence-electron chi connectivity index (χ0n) is 5.52. The molecular formula is C7H13FO. The fourth-order valence-corrected chi connectivity index (χ4v) is 1.39. The first kappa shape index (κ1) is 7.00. The second-order valence-corrected chi connectivity index (χ2v) is 2.81. The lowest BCUT2D eigenvalue weighted by Gasteiger charge is -2.21. The van der Waals surface area contributed by atoms with Gasteiger partial charge in [0, 0.05) is 6.61 Å². The summed E-state index contributed by atoms with van der Waals surface area (Å²) in [6, 6.07) is 0. The summed E-state index contributed by atoms with van der Waals surface area (Å²) >= 11 is 0. The molecule has 0 amide bonds. The highest BCUT2D eigenvalue weighted by Gasteiger charge is 2.19. The minimum atomic E-state index is -0.643. The van der Waals surface area contributed by atoms with Crippen LogP contribution in [0.25, 0.3) is 0 Å². The van der Waals surface area contributed by atoms with Gasteiger partial charge in [0.05, 0.1) is 0 Å². The maximum atomic E-state index is 12.5. The minimum Gasteiger partial charge on any atom is -0.396 e. The lowest BCUT2D eigenvalue weighted by molar-refractivity contribution is 0.136. The van der Waals surface area contributed by atoms with Crippen LogP contribution in [0.15, 0.2) is 0 Å². The summed E-state index contributed by atoms with van der Waals surface area (Å²) in [5.74, 6) is 0.244. The molecule has 1 rings (SSSR count). The van der Waals surface area contributed by atoms with Gasteiger partial charge in [0.2, 0.25) is 0 Å². The van der Waals surface area contributed by atoms with Crippen LogP contribution in [0.2, 0.25) is 0 Å². The van der Waals surface area contributed by atoms with E-state index in [1.165, 1.54) is 0 Å². The van der Waals surface area contributed by atoms with Crippen LogP contribution in [-0.2, 0) is 0 Å². The fraction of sp³-hybridized carbons (Fsp3) is 1.00. The number of halogens is 1. The molecule has 0 aromatic carbocycles. The normalized spacial score (nSPS) is 36.7. The number of rotatable bonds is 1. The van der Waals surface area contributed by atoms with Crippen molar-refractivity contribution in [2.75, 3.05) is 6.61 Å². The van der Waals surface area contributed by atoms with Crippen molar-refractivity contribution in [3.05, 3.63) is 0 Å². The molecule has 2 heteroatoms. The van der Waals surface area contributed by atoms with E-state index in [4.69, 9.17) is 5.11 Å². The fourth-order valence-electron chi connectivity index (χ4n) is 1.39. The van der Waals surface area contributed by atoms with Gasteiger partial charge in [-0.2, -0.15) is 0 Å². The van der Waals surface area contributed by atoms with Crippen molar-refractivity contribution in [2.24, 2.45) is 5.92 Å². The molecule has 1 fully saturated rings. The van der Waals surface area contributed by atoms with Crippen molar-refractivity contribution in [1.82, 2.24) is 0 Å². The first-order valence-electron chi connectivity index (χ1n) is 3.58. The van der Waals surface area contributed by atoms with Crippen molar-refractivity contribution in [3.63, 3.8) is 0 Å². The third-order valence-corrected chi connectivity index (χ3v) is 1.98. The molecule has 54 valence electrons. The molecule has 0 bridgehead atoms. The Morgan fingerprint density at radius 3 is 2.67 bits per heavy atom. The predicted molar refractivity (Wildman–Crippen MR) is 33.9 cm³/mol. The summed E-state index contributed by atoms with van der Waals surface area (Å²) in [5.41, 5.74) is 0.